The van der Waals surface area contributed by atoms with Crippen LogP contribution in [0.3, 0.4) is 0 Å². The number of amides is 1. The first-order valence-corrected chi connectivity index (χ1v) is 5.80. The van der Waals surface area contributed by atoms with Crippen LogP contribution in [-0.2, 0) is 4.79 Å². The molecule has 0 fully saturated rings. The molecule has 0 aliphatic heterocycles. The van der Waals surface area contributed by atoms with Crippen LogP contribution >= 0.6 is 0 Å². The standard InChI is InChI=1S/C11H21F3N2O/c1-4-5-6-16(7-11(12,13)14)10(17)9(15)8(2)3/h8-9H,4-7,15H2,1-3H3. The van der Waals surface area contributed by atoms with Gasteiger partial charge >= 0.3 is 6.18 Å². The zero-order chi connectivity index (χ0) is 13.6. The lowest BCUT2D eigenvalue weighted by atomic mass is 10.0. The van der Waals surface area contributed by atoms with Crippen LogP contribution in [-0.4, -0.2) is 36.1 Å². The summed E-state index contributed by atoms with van der Waals surface area (Å²) in [7, 11) is 0. The van der Waals surface area contributed by atoms with Crippen molar-refractivity contribution in [3.8, 4) is 0 Å². The van der Waals surface area contributed by atoms with E-state index in [-0.39, 0.29) is 12.5 Å². The molecule has 0 aliphatic rings. The van der Waals surface area contributed by atoms with Gasteiger partial charge in [0.1, 0.15) is 6.54 Å². The van der Waals surface area contributed by atoms with Crippen molar-refractivity contribution in [2.24, 2.45) is 11.7 Å². The lowest BCUT2D eigenvalue weighted by molar-refractivity contribution is -0.162. The number of carbonyl (C=O) groups is 1. The molecule has 3 nitrogen and oxygen atoms in total. The molecule has 0 saturated carbocycles. The maximum absolute atomic E-state index is 12.3. The van der Waals surface area contributed by atoms with Crippen LogP contribution in [0.1, 0.15) is 33.6 Å². The molecule has 0 aromatic heterocycles. The third kappa shape index (κ3) is 6.51. The first-order chi connectivity index (χ1) is 7.69. The first-order valence-electron chi connectivity index (χ1n) is 5.80. The van der Waals surface area contributed by atoms with E-state index < -0.39 is 24.7 Å². The molecule has 0 saturated heterocycles. The number of unbranched alkanes of at least 4 members (excludes halogenated alkanes) is 1. The van der Waals surface area contributed by atoms with Crippen molar-refractivity contribution in [1.82, 2.24) is 4.90 Å². The van der Waals surface area contributed by atoms with Gasteiger partial charge in [-0.2, -0.15) is 13.2 Å². The van der Waals surface area contributed by atoms with E-state index in [1.165, 1.54) is 0 Å². The van der Waals surface area contributed by atoms with Gasteiger partial charge in [0.05, 0.1) is 6.04 Å². The SMILES string of the molecule is CCCCN(CC(F)(F)F)C(=O)C(N)C(C)C. The van der Waals surface area contributed by atoms with Gasteiger partial charge in [0.2, 0.25) is 5.91 Å². The van der Waals surface area contributed by atoms with Crippen LogP contribution in [0.5, 0.6) is 0 Å². The Morgan fingerprint density at radius 3 is 2.24 bits per heavy atom. The number of nitrogens with zero attached hydrogens (tertiary/aromatic N) is 1. The van der Waals surface area contributed by atoms with Gasteiger partial charge in [0.25, 0.3) is 0 Å². The van der Waals surface area contributed by atoms with Gasteiger partial charge < -0.3 is 10.6 Å². The monoisotopic (exact) mass is 254 g/mol. The van der Waals surface area contributed by atoms with Crippen LogP contribution in [0.15, 0.2) is 0 Å². The van der Waals surface area contributed by atoms with E-state index in [1.54, 1.807) is 13.8 Å². The molecule has 2 N–H and O–H groups in total. The highest BCUT2D eigenvalue weighted by molar-refractivity contribution is 5.81. The summed E-state index contributed by atoms with van der Waals surface area (Å²) in [6.45, 7) is 4.18. The first kappa shape index (κ1) is 16.2. The number of alkyl halides is 3. The van der Waals surface area contributed by atoms with Crippen molar-refractivity contribution >= 4 is 5.91 Å². The maximum atomic E-state index is 12.3. The van der Waals surface area contributed by atoms with Gasteiger partial charge in [-0.1, -0.05) is 27.2 Å². The number of rotatable bonds is 6. The molecular formula is C11H21F3N2O. The molecule has 1 atom stereocenters. The number of hydrogen-bond acceptors (Lipinski definition) is 2. The molecule has 0 radical (unpaired) electrons. The second-order valence-corrected chi connectivity index (χ2v) is 4.50. The van der Waals surface area contributed by atoms with E-state index in [4.69, 9.17) is 5.73 Å². The van der Waals surface area contributed by atoms with E-state index in [0.29, 0.717) is 6.42 Å². The number of nitrogens with two attached hydrogens (primary N) is 1. The summed E-state index contributed by atoms with van der Waals surface area (Å²) in [5.41, 5.74) is 5.59. The topological polar surface area (TPSA) is 46.3 Å². The Kier molecular flexibility index (Phi) is 6.52. The molecule has 0 rings (SSSR count). The highest BCUT2D eigenvalue weighted by Gasteiger charge is 2.34. The third-order valence-corrected chi connectivity index (χ3v) is 2.47. The summed E-state index contributed by atoms with van der Waals surface area (Å²) in [5, 5.41) is 0. The van der Waals surface area contributed by atoms with Crippen LogP contribution in [0.25, 0.3) is 0 Å². The van der Waals surface area contributed by atoms with Crippen LogP contribution in [0.2, 0.25) is 0 Å². The van der Waals surface area contributed by atoms with Crippen LogP contribution in [0, 0.1) is 5.92 Å². The number of halogens is 3. The van der Waals surface area contributed by atoms with Crippen molar-refractivity contribution in [3.05, 3.63) is 0 Å². The summed E-state index contributed by atoms with van der Waals surface area (Å²) in [4.78, 5) is 12.6. The molecule has 1 unspecified atom stereocenters. The summed E-state index contributed by atoms with van der Waals surface area (Å²) in [6, 6.07) is -0.866. The van der Waals surface area contributed by atoms with E-state index in [0.717, 1.165) is 11.3 Å². The largest absolute Gasteiger partial charge is 0.406 e. The molecular weight excluding hydrogens is 233 g/mol. The van der Waals surface area contributed by atoms with Crippen molar-refractivity contribution < 1.29 is 18.0 Å². The Morgan fingerprint density at radius 1 is 1.35 bits per heavy atom. The minimum atomic E-state index is -4.37. The second kappa shape index (κ2) is 6.83. The molecule has 0 bridgehead atoms. The van der Waals surface area contributed by atoms with Gasteiger partial charge in [-0.25, -0.2) is 0 Å². The Hall–Kier alpha value is -0.780. The van der Waals surface area contributed by atoms with Gasteiger partial charge in [-0.15, -0.1) is 0 Å². The molecule has 102 valence electrons. The number of hydrogen-bond donors (Lipinski definition) is 1. The van der Waals surface area contributed by atoms with Crippen LogP contribution in [0.4, 0.5) is 13.2 Å². The lowest BCUT2D eigenvalue weighted by Gasteiger charge is -2.28. The average molecular weight is 254 g/mol. The Morgan fingerprint density at radius 2 is 1.88 bits per heavy atom. The Bertz CT molecular complexity index is 241. The molecule has 1 amide bonds. The molecule has 6 heteroatoms. The van der Waals surface area contributed by atoms with Crippen molar-refractivity contribution in [2.75, 3.05) is 13.1 Å². The quantitative estimate of drug-likeness (QED) is 0.789. The minimum absolute atomic E-state index is 0.106. The fourth-order valence-electron chi connectivity index (χ4n) is 1.33. The maximum Gasteiger partial charge on any atom is 0.406 e. The summed E-state index contributed by atoms with van der Waals surface area (Å²) in [5.74, 6) is -0.786. The van der Waals surface area contributed by atoms with E-state index in [2.05, 4.69) is 0 Å². The van der Waals surface area contributed by atoms with Crippen molar-refractivity contribution in [3.63, 3.8) is 0 Å². The zero-order valence-electron chi connectivity index (χ0n) is 10.5. The summed E-state index contributed by atoms with van der Waals surface area (Å²) in [6.07, 6.45) is -3.09. The summed E-state index contributed by atoms with van der Waals surface area (Å²) < 4.78 is 37.0. The van der Waals surface area contributed by atoms with E-state index in [1.807, 2.05) is 6.92 Å². The van der Waals surface area contributed by atoms with Gasteiger partial charge in [-0.3, -0.25) is 4.79 Å². The molecule has 0 heterocycles. The minimum Gasteiger partial charge on any atom is -0.332 e. The van der Waals surface area contributed by atoms with E-state index >= 15 is 0 Å². The third-order valence-electron chi connectivity index (χ3n) is 2.47. The lowest BCUT2D eigenvalue weighted by Crippen LogP contribution is -2.49. The normalized spacial score (nSPS) is 13.9. The predicted molar refractivity (Wildman–Crippen MR) is 60.4 cm³/mol. The van der Waals surface area contributed by atoms with Gasteiger partial charge in [0, 0.05) is 6.54 Å². The van der Waals surface area contributed by atoms with Crippen molar-refractivity contribution in [2.45, 2.75) is 45.8 Å². The van der Waals surface area contributed by atoms with Gasteiger partial charge in [0.15, 0.2) is 0 Å². The fraction of sp³-hybridized carbons (Fsp3) is 0.909. The highest BCUT2D eigenvalue weighted by Crippen LogP contribution is 2.18. The zero-order valence-corrected chi connectivity index (χ0v) is 10.5. The molecule has 0 aromatic rings. The van der Waals surface area contributed by atoms with Crippen molar-refractivity contribution in [1.29, 1.82) is 0 Å². The predicted octanol–water partition coefficient (Wildman–Crippen LogP) is 2.16. The average Bonchev–Trinajstić information content (AvgIpc) is 2.20. The smallest absolute Gasteiger partial charge is 0.332 e. The molecule has 17 heavy (non-hydrogen) atoms. The highest BCUT2D eigenvalue weighted by atomic mass is 19.4. The molecule has 0 aliphatic carbocycles. The molecule has 0 spiro atoms. The Labute approximate surface area is 100 Å². The second-order valence-electron chi connectivity index (χ2n) is 4.50. The van der Waals surface area contributed by atoms with E-state index in [9.17, 15) is 18.0 Å². The molecule has 0 aromatic carbocycles. The van der Waals surface area contributed by atoms with Gasteiger partial charge in [-0.05, 0) is 12.3 Å². The Balaban J connectivity index is 4.61. The number of carbonyl (C=O) groups excluding carboxylic acids is 1. The van der Waals surface area contributed by atoms with Crippen LogP contribution < -0.4 is 5.73 Å². The summed E-state index contributed by atoms with van der Waals surface area (Å²) >= 11 is 0. The fourth-order valence-corrected chi connectivity index (χ4v) is 1.33.